The standard InChI is InChI=1S/C27H26N6O4S/c1-37-22-8-6-17(7-9-22)24-16-29-27-32-20-12-18(26(35)31-19-4-2-5-21(34)14-19)13-23(15-20)38(36)30-11-3-10-28-25(24)33-27/h2,4-9,12-16,30,34H,3,10-11H2,1H3,(H,31,35)(H2,28,29,32,33). The van der Waals surface area contributed by atoms with Gasteiger partial charge in [-0.3, -0.25) is 4.79 Å². The van der Waals surface area contributed by atoms with Gasteiger partial charge in [0.25, 0.3) is 5.91 Å². The number of rotatable bonds is 4. The van der Waals surface area contributed by atoms with E-state index in [1.165, 1.54) is 12.1 Å². The van der Waals surface area contributed by atoms with E-state index in [0.29, 0.717) is 47.5 Å². The van der Waals surface area contributed by atoms with Gasteiger partial charge in [0.15, 0.2) is 0 Å². The molecule has 11 heteroatoms. The number of aromatic hydroxyl groups is 1. The molecule has 1 unspecified atom stereocenters. The Balaban J connectivity index is 1.49. The molecule has 1 aliphatic rings. The molecule has 1 aromatic heterocycles. The minimum Gasteiger partial charge on any atom is -0.508 e. The number of carbonyl (C=O) groups is 1. The third-order valence-corrected chi connectivity index (χ3v) is 6.94. The van der Waals surface area contributed by atoms with E-state index in [0.717, 1.165) is 16.9 Å². The summed E-state index contributed by atoms with van der Waals surface area (Å²) < 4.78 is 21.3. The summed E-state index contributed by atoms with van der Waals surface area (Å²) >= 11 is 0. The van der Waals surface area contributed by atoms with Gasteiger partial charge in [0, 0.05) is 47.9 Å². The van der Waals surface area contributed by atoms with Crippen molar-refractivity contribution in [3.8, 4) is 22.6 Å². The zero-order valence-corrected chi connectivity index (χ0v) is 21.3. The van der Waals surface area contributed by atoms with Gasteiger partial charge >= 0.3 is 0 Å². The quantitative estimate of drug-likeness (QED) is 0.264. The van der Waals surface area contributed by atoms with Crippen LogP contribution in [0.15, 0.2) is 77.8 Å². The molecule has 5 rings (SSSR count). The van der Waals surface area contributed by atoms with E-state index < -0.39 is 16.9 Å². The Bertz CT molecular complexity index is 1500. The lowest BCUT2D eigenvalue weighted by molar-refractivity contribution is 0.102. The van der Waals surface area contributed by atoms with Crippen LogP contribution < -0.4 is 25.4 Å². The lowest BCUT2D eigenvalue weighted by atomic mass is 10.1. The summed E-state index contributed by atoms with van der Waals surface area (Å²) in [5, 5.41) is 19.0. The first-order valence-electron chi connectivity index (χ1n) is 11.9. The first-order chi connectivity index (χ1) is 18.5. The van der Waals surface area contributed by atoms with Gasteiger partial charge in [-0.15, -0.1) is 0 Å². The Morgan fingerprint density at radius 2 is 1.92 bits per heavy atom. The second-order valence-corrected chi connectivity index (χ2v) is 9.80. The molecule has 0 saturated carbocycles. The number of aromatic nitrogens is 2. The summed E-state index contributed by atoms with van der Waals surface area (Å²) in [4.78, 5) is 22.7. The average molecular weight is 531 g/mol. The van der Waals surface area contributed by atoms with Crippen LogP contribution in [0.25, 0.3) is 11.1 Å². The van der Waals surface area contributed by atoms with Gasteiger partial charge in [-0.05, 0) is 54.4 Å². The average Bonchev–Trinajstić information content (AvgIpc) is 2.93. The van der Waals surface area contributed by atoms with E-state index in [2.05, 4.69) is 25.7 Å². The second-order valence-electron chi connectivity index (χ2n) is 8.50. The fraction of sp³-hybridized carbons (Fsp3) is 0.148. The summed E-state index contributed by atoms with van der Waals surface area (Å²) in [6, 6.07) is 18.8. The van der Waals surface area contributed by atoms with Crippen molar-refractivity contribution in [1.82, 2.24) is 14.7 Å². The molecule has 1 atom stereocenters. The summed E-state index contributed by atoms with van der Waals surface area (Å²) in [6.07, 6.45) is 2.42. The number of phenolic OH excluding ortho intramolecular Hbond substituents is 1. The first-order valence-corrected chi connectivity index (χ1v) is 13.1. The molecule has 0 aliphatic carbocycles. The highest BCUT2D eigenvalue weighted by Crippen LogP contribution is 2.30. The van der Waals surface area contributed by atoms with Gasteiger partial charge in [0.2, 0.25) is 5.95 Å². The summed E-state index contributed by atoms with van der Waals surface area (Å²) in [5.74, 6) is 1.34. The van der Waals surface area contributed by atoms with Crippen molar-refractivity contribution >= 4 is 40.0 Å². The summed E-state index contributed by atoms with van der Waals surface area (Å²) in [6.45, 7) is 1.08. The fourth-order valence-electron chi connectivity index (χ4n) is 3.93. The van der Waals surface area contributed by atoms with Crippen LogP contribution in [0.3, 0.4) is 0 Å². The zero-order chi connectivity index (χ0) is 26.5. The highest BCUT2D eigenvalue weighted by Gasteiger charge is 2.16. The lowest BCUT2D eigenvalue weighted by Gasteiger charge is -2.14. The number of fused-ring (bicyclic) bond motifs is 4. The number of phenols is 1. The van der Waals surface area contributed by atoms with Crippen molar-refractivity contribution in [3.63, 3.8) is 0 Å². The molecule has 194 valence electrons. The van der Waals surface area contributed by atoms with Crippen molar-refractivity contribution in [2.45, 2.75) is 11.3 Å². The number of hydrogen-bond acceptors (Lipinski definition) is 8. The van der Waals surface area contributed by atoms with Crippen molar-refractivity contribution in [2.24, 2.45) is 0 Å². The highest BCUT2D eigenvalue weighted by molar-refractivity contribution is 7.83. The SMILES string of the molecule is COc1ccc(-c2cnc3nc2NCCCNS(=O)c2cc(cc(C(=O)Nc4cccc(O)c4)c2)N3)cc1. The molecule has 2 heterocycles. The maximum Gasteiger partial charge on any atom is 0.255 e. The Morgan fingerprint density at radius 1 is 1.08 bits per heavy atom. The van der Waals surface area contributed by atoms with Crippen LogP contribution in [-0.2, 0) is 11.0 Å². The Morgan fingerprint density at radius 3 is 2.71 bits per heavy atom. The van der Waals surface area contributed by atoms with Crippen molar-refractivity contribution in [2.75, 3.05) is 36.1 Å². The largest absolute Gasteiger partial charge is 0.508 e. The van der Waals surface area contributed by atoms with Crippen LogP contribution in [0.2, 0.25) is 0 Å². The third kappa shape index (κ3) is 5.90. The summed E-state index contributed by atoms with van der Waals surface area (Å²) in [5.41, 5.74) is 2.97. The van der Waals surface area contributed by atoms with Crippen LogP contribution in [-0.4, -0.2) is 45.4 Å². The third-order valence-electron chi connectivity index (χ3n) is 5.81. The number of hydrogen-bond donors (Lipinski definition) is 5. The van der Waals surface area contributed by atoms with E-state index in [1.807, 2.05) is 24.3 Å². The molecule has 4 aromatic rings. The van der Waals surface area contributed by atoms with E-state index >= 15 is 0 Å². The summed E-state index contributed by atoms with van der Waals surface area (Å²) in [7, 11) is 0.0773. The molecular formula is C27H26N6O4S. The van der Waals surface area contributed by atoms with Crippen LogP contribution in [0, 0.1) is 0 Å². The van der Waals surface area contributed by atoms with E-state index in [9.17, 15) is 14.1 Å². The number of ether oxygens (including phenoxy) is 1. The minimum atomic E-state index is -1.54. The van der Waals surface area contributed by atoms with Gasteiger partial charge in [0.05, 0.1) is 12.0 Å². The second kappa shape index (κ2) is 11.3. The topological polar surface area (TPSA) is 138 Å². The van der Waals surface area contributed by atoms with E-state index in [1.54, 1.807) is 43.6 Å². The van der Waals surface area contributed by atoms with E-state index in [-0.39, 0.29) is 11.3 Å². The molecule has 4 bridgehead atoms. The van der Waals surface area contributed by atoms with Crippen molar-refractivity contribution < 1.29 is 18.8 Å². The number of anilines is 4. The predicted molar refractivity (Wildman–Crippen MR) is 147 cm³/mol. The van der Waals surface area contributed by atoms with Gasteiger partial charge in [0.1, 0.15) is 28.3 Å². The first kappa shape index (κ1) is 25.2. The molecule has 0 saturated heterocycles. The Kier molecular flexibility index (Phi) is 7.47. The molecular weight excluding hydrogens is 504 g/mol. The Labute approximate surface area is 222 Å². The minimum absolute atomic E-state index is 0.0365. The maximum atomic E-state index is 13.0. The van der Waals surface area contributed by atoms with Gasteiger partial charge < -0.3 is 25.8 Å². The molecule has 10 nitrogen and oxygen atoms in total. The monoisotopic (exact) mass is 530 g/mol. The predicted octanol–water partition coefficient (Wildman–Crippen LogP) is 4.28. The number of nitrogens with one attached hydrogen (secondary N) is 4. The molecule has 0 fully saturated rings. The molecule has 0 spiro atoms. The molecule has 1 amide bonds. The fourth-order valence-corrected chi connectivity index (χ4v) is 4.89. The van der Waals surface area contributed by atoms with Crippen molar-refractivity contribution in [1.29, 1.82) is 0 Å². The number of amides is 1. The van der Waals surface area contributed by atoms with Crippen LogP contribution in [0.4, 0.5) is 23.1 Å². The number of carbonyl (C=O) groups excluding carboxylic acids is 1. The van der Waals surface area contributed by atoms with Crippen LogP contribution in [0.1, 0.15) is 16.8 Å². The lowest BCUT2D eigenvalue weighted by Crippen LogP contribution is -2.21. The molecule has 0 radical (unpaired) electrons. The molecule has 1 aliphatic heterocycles. The molecule has 38 heavy (non-hydrogen) atoms. The molecule has 5 N–H and O–H groups in total. The maximum absolute atomic E-state index is 13.0. The van der Waals surface area contributed by atoms with Gasteiger partial charge in [-0.1, -0.05) is 18.2 Å². The number of benzene rings is 3. The van der Waals surface area contributed by atoms with Gasteiger partial charge in [-0.25, -0.2) is 13.9 Å². The smallest absolute Gasteiger partial charge is 0.255 e. The van der Waals surface area contributed by atoms with Gasteiger partial charge in [-0.2, -0.15) is 4.98 Å². The van der Waals surface area contributed by atoms with Crippen LogP contribution >= 0.6 is 0 Å². The normalized spacial score (nSPS) is 15.0. The zero-order valence-electron chi connectivity index (χ0n) is 20.5. The highest BCUT2D eigenvalue weighted by atomic mass is 32.2. The number of nitrogens with zero attached hydrogens (tertiary/aromatic N) is 2. The number of methoxy groups -OCH3 is 1. The van der Waals surface area contributed by atoms with Crippen molar-refractivity contribution in [3.05, 3.63) is 78.5 Å². The Hall–Kier alpha value is -4.48. The van der Waals surface area contributed by atoms with Crippen LogP contribution in [0.5, 0.6) is 11.5 Å². The molecule has 3 aromatic carbocycles. The van der Waals surface area contributed by atoms with E-state index in [4.69, 9.17) is 9.72 Å².